The van der Waals surface area contributed by atoms with Crippen molar-refractivity contribution < 1.29 is 66.1 Å². The van der Waals surface area contributed by atoms with Crippen LogP contribution in [0.25, 0.3) is 0 Å². The molecule has 95 heavy (non-hydrogen) atoms. The Bertz CT molecular complexity index is 3330. The molecule has 0 saturated carbocycles. The summed E-state index contributed by atoms with van der Waals surface area (Å²) in [6.07, 6.45) is -6.72. The zero-order valence-electron chi connectivity index (χ0n) is 55.4. The molecule has 10 atom stereocenters. The molecule has 0 spiro atoms. The fourth-order valence-corrected chi connectivity index (χ4v) is 17.0. The van der Waals surface area contributed by atoms with Gasteiger partial charge in [-0.2, -0.15) is 0 Å². The second-order valence-electron chi connectivity index (χ2n) is 25.2. The van der Waals surface area contributed by atoms with Gasteiger partial charge in [0.25, 0.3) is 8.32 Å². The molecule has 0 radical (unpaired) electrons. The van der Waals surface area contributed by atoms with Crippen LogP contribution in [0.5, 0.6) is 0 Å². The Kier molecular flexibility index (Phi) is 27.9. The normalized spacial score (nSPS) is 21.5. The molecular formula is C80H94O14Si. The van der Waals surface area contributed by atoms with Gasteiger partial charge in [0, 0.05) is 33.4 Å². The SMILES string of the molecule is CC(=O)O[C@H]1[C@H](O[C@@H]2[C@H](OCCCCOCCCCO[Si](c3ccccc3)(c3ccccc3)C(C)(C)C)O[C@H](COCc3ccccc3)[C@@H](OCc3ccccc3)[C@@H]2OCc2ccccc2)O[C@H](COCc2ccccc2)[C@@H](OCc2ccccc2)[C@@H]1OCc1ccccc1. The van der Waals surface area contributed by atoms with E-state index in [1.54, 1.807) is 0 Å². The van der Waals surface area contributed by atoms with Gasteiger partial charge in [-0.15, -0.1) is 0 Å². The van der Waals surface area contributed by atoms with E-state index in [9.17, 15) is 4.79 Å². The number of hydrogen-bond donors (Lipinski definition) is 0. The summed E-state index contributed by atoms with van der Waals surface area (Å²) < 4.78 is 89.9. The van der Waals surface area contributed by atoms with Crippen molar-refractivity contribution in [2.75, 3.05) is 39.6 Å². The van der Waals surface area contributed by atoms with Crippen molar-refractivity contribution in [1.82, 2.24) is 0 Å². The highest BCUT2D eigenvalue weighted by molar-refractivity contribution is 6.99. The molecule has 2 saturated heterocycles. The number of benzene rings is 8. The highest BCUT2D eigenvalue weighted by Crippen LogP contribution is 2.39. The Morgan fingerprint density at radius 2 is 0.684 bits per heavy atom. The van der Waals surface area contributed by atoms with Crippen LogP contribution >= 0.6 is 0 Å². The third-order valence-corrected chi connectivity index (χ3v) is 22.1. The Labute approximate surface area is 563 Å². The summed E-state index contributed by atoms with van der Waals surface area (Å²) in [6.45, 7) is 11.9. The molecule has 14 nitrogen and oxygen atoms in total. The molecule has 502 valence electrons. The van der Waals surface area contributed by atoms with Gasteiger partial charge in [-0.1, -0.05) is 263 Å². The van der Waals surface area contributed by atoms with Crippen molar-refractivity contribution in [3.05, 3.63) is 276 Å². The quantitative estimate of drug-likeness (QED) is 0.0207. The van der Waals surface area contributed by atoms with Gasteiger partial charge < -0.3 is 61.3 Å². The van der Waals surface area contributed by atoms with Crippen LogP contribution in [0.4, 0.5) is 0 Å². The lowest BCUT2D eigenvalue weighted by atomic mass is 9.96. The maximum absolute atomic E-state index is 13.7. The summed E-state index contributed by atoms with van der Waals surface area (Å²) in [5.41, 5.74) is 5.70. The summed E-state index contributed by atoms with van der Waals surface area (Å²) in [7, 11) is -2.65. The van der Waals surface area contributed by atoms with E-state index in [4.69, 9.17) is 61.3 Å². The number of esters is 1. The predicted molar refractivity (Wildman–Crippen MR) is 369 cm³/mol. The van der Waals surface area contributed by atoms with Crippen LogP contribution < -0.4 is 10.4 Å². The van der Waals surface area contributed by atoms with Gasteiger partial charge >= 0.3 is 5.97 Å². The Morgan fingerprint density at radius 3 is 1.06 bits per heavy atom. The monoisotopic (exact) mass is 1310 g/mol. The fraction of sp³-hybridized carbons (Fsp3) is 0.388. The largest absolute Gasteiger partial charge is 0.454 e. The molecule has 8 aromatic rings. The molecule has 2 aliphatic rings. The van der Waals surface area contributed by atoms with E-state index in [0.29, 0.717) is 45.9 Å². The van der Waals surface area contributed by atoms with Crippen LogP contribution in [-0.4, -0.2) is 115 Å². The van der Waals surface area contributed by atoms with Crippen LogP contribution in [0.1, 0.15) is 86.8 Å². The van der Waals surface area contributed by atoms with Gasteiger partial charge in [0.1, 0.15) is 42.7 Å². The van der Waals surface area contributed by atoms with Crippen LogP contribution in [-0.2, 0) is 106 Å². The van der Waals surface area contributed by atoms with Crippen LogP contribution in [0, 0.1) is 0 Å². The molecule has 2 fully saturated rings. The van der Waals surface area contributed by atoms with Crippen molar-refractivity contribution in [3.8, 4) is 0 Å². The number of unbranched alkanes of at least 4 members (excludes halogenated alkanes) is 2. The number of carbonyl (C=O) groups excluding carboxylic acids is 1. The van der Waals surface area contributed by atoms with E-state index < -0.39 is 75.7 Å². The Morgan fingerprint density at radius 1 is 0.358 bits per heavy atom. The van der Waals surface area contributed by atoms with Gasteiger partial charge in [0.05, 0.1) is 52.9 Å². The van der Waals surface area contributed by atoms with E-state index >= 15 is 0 Å². The van der Waals surface area contributed by atoms with Gasteiger partial charge in [-0.25, -0.2) is 0 Å². The number of carbonyl (C=O) groups is 1. The zero-order chi connectivity index (χ0) is 65.8. The average Bonchev–Trinajstić information content (AvgIpc) is 0.766. The molecule has 8 aromatic carbocycles. The van der Waals surface area contributed by atoms with E-state index in [2.05, 4.69) is 81.4 Å². The second-order valence-corrected chi connectivity index (χ2v) is 29.5. The molecule has 0 N–H and O–H groups in total. The molecule has 2 aliphatic heterocycles. The van der Waals surface area contributed by atoms with Crippen LogP contribution in [0.3, 0.4) is 0 Å². The highest BCUT2D eigenvalue weighted by Gasteiger charge is 2.56. The molecule has 10 rings (SSSR count). The number of hydrogen-bond acceptors (Lipinski definition) is 14. The zero-order valence-corrected chi connectivity index (χ0v) is 56.4. The lowest BCUT2D eigenvalue weighted by molar-refractivity contribution is -0.380. The van der Waals surface area contributed by atoms with E-state index in [1.165, 1.54) is 17.3 Å². The van der Waals surface area contributed by atoms with Gasteiger partial charge in [0.15, 0.2) is 18.7 Å². The maximum Gasteiger partial charge on any atom is 0.303 e. The summed E-state index contributed by atoms with van der Waals surface area (Å²) >= 11 is 0. The van der Waals surface area contributed by atoms with Gasteiger partial charge in [-0.05, 0) is 74.5 Å². The molecule has 0 unspecified atom stereocenters. The summed E-state index contributed by atoms with van der Waals surface area (Å²) in [5.74, 6) is -0.573. The van der Waals surface area contributed by atoms with E-state index in [-0.39, 0.29) is 51.3 Å². The smallest absolute Gasteiger partial charge is 0.303 e. The minimum absolute atomic E-state index is 0.0582. The molecule has 2 heterocycles. The summed E-state index contributed by atoms with van der Waals surface area (Å²) in [4.78, 5) is 13.7. The third-order valence-electron chi connectivity index (χ3n) is 17.1. The Hall–Kier alpha value is -7.03. The summed E-state index contributed by atoms with van der Waals surface area (Å²) in [6, 6.07) is 81.2. The first kappa shape index (κ1) is 70.8. The Balaban J connectivity index is 0.919. The lowest BCUT2D eigenvalue weighted by Gasteiger charge is -2.50. The van der Waals surface area contributed by atoms with Crippen molar-refractivity contribution in [1.29, 1.82) is 0 Å². The second kappa shape index (κ2) is 37.5. The molecule has 0 amide bonds. The van der Waals surface area contributed by atoms with Crippen LogP contribution in [0.15, 0.2) is 243 Å². The standard InChI is InChI=1S/C80H94O14Si/c1-61(81)91-77-75(89-58-67-43-23-10-24-44-67)73(87-56-65-39-19-8-20-40-65)71(60-84-54-63-35-15-6-16-36-63)93-79(77)94-76-74(88-57-66-41-21-9-22-42-66)72(86-55-64-37-17-7-18-38-64)70(59-83-53-62-33-13-5-14-34-62)92-78(76)85-51-31-29-49-82-50-30-32-52-90-95(80(2,3)4,68-45-25-11-26-46-68)69-47-27-12-28-48-69/h5-28,33-48,70-79H,29-32,49-60H2,1-4H3/t70-,71-,72-,73-,74+,75+,76+,77-,78-,79+/m1/s1. The fourth-order valence-electron chi connectivity index (χ4n) is 12.4. The third kappa shape index (κ3) is 21.0. The maximum atomic E-state index is 13.7. The van der Waals surface area contributed by atoms with Crippen molar-refractivity contribution in [3.63, 3.8) is 0 Å². The topological polar surface area (TPSA) is 137 Å². The first-order valence-corrected chi connectivity index (χ1v) is 35.5. The molecule has 0 bridgehead atoms. The minimum Gasteiger partial charge on any atom is -0.454 e. The summed E-state index contributed by atoms with van der Waals surface area (Å²) in [5, 5.41) is 2.43. The van der Waals surface area contributed by atoms with E-state index in [1.807, 2.05) is 182 Å². The van der Waals surface area contributed by atoms with E-state index in [0.717, 1.165) is 46.2 Å². The van der Waals surface area contributed by atoms with Crippen molar-refractivity contribution in [2.45, 2.75) is 159 Å². The number of ether oxygens (including phenoxy) is 12. The molecule has 15 heteroatoms. The molecular weight excluding hydrogens is 1210 g/mol. The van der Waals surface area contributed by atoms with Crippen LogP contribution in [0.2, 0.25) is 5.04 Å². The van der Waals surface area contributed by atoms with Crippen molar-refractivity contribution in [2.24, 2.45) is 0 Å². The predicted octanol–water partition coefficient (Wildman–Crippen LogP) is 13.7. The average molecular weight is 1310 g/mol. The van der Waals surface area contributed by atoms with Gasteiger partial charge in [0.2, 0.25) is 0 Å². The molecule has 0 aromatic heterocycles. The highest BCUT2D eigenvalue weighted by atomic mass is 28.4. The molecule has 0 aliphatic carbocycles. The van der Waals surface area contributed by atoms with Crippen molar-refractivity contribution >= 4 is 24.7 Å². The first-order chi connectivity index (χ1) is 46.6. The minimum atomic E-state index is -2.65. The lowest BCUT2D eigenvalue weighted by Crippen LogP contribution is -2.66. The van der Waals surface area contributed by atoms with Gasteiger partial charge in [-0.3, -0.25) is 4.79 Å². The first-order valence-electron chi connectivity index (χ1n) is 33.5. The number of rotatable bonds is 37.